The predicted octanol–water partition coefficient (Wildman–Crippen LogP) is 2.74. The van der Waals surface area contributed by atoms with Crippen LogP contribution >= 0.6 is 23.2 Å². The van der Waals surface area contributed by atoms with Crippen molar-refractivity contribution in [1.82, 2.24) is 15.1 Å². The van der Waals surface area contributed by atoms with Crippen LogP contribution in [0.4, 0.5) is 0 Å². The second-order valence-electron chi connectivity index (χ2n) is 5.27. The standard InChI is InChI=1S/C15H15Cl2N3O/c16-15(17)6-13(15)14(21)18-7-12-8-19-20(10-12)9-11-4-2-1-3-5-11/h1-5,8,10,13H,6-7,9H2,(H,18,21). The Morgan fingerprint density at radius 1 is 1.33 bits per heavy atom. The average Bonchev–Trinajstić information content (AvgIpc) is 2.90. The van der Waals surface area contributed by atoms with Gasteiger partial charge < -0.3 is 5.32 Å². The molecule has 1 aromatic carbocycles. The number of carbonyl (C=O) groups excluding carboxylic acids is 1. The third-order valence-corrected chi connectivity index (χ3v) is 4.32. The first kappa shape index (κ1) is 14.4. The fourth-order valence-corrected chi connectivity index (χ4v) is 2.67. The molecule has 1 fully saturated rings. The molecule has 0 radical (unpaired) electrons. The first-order valence-corrected chi connectivity index (χ1v) is 7.51. The molecule has 4 nitrogen and oxygen atoms in total. The van der Waals surface area contributed by atoms with Crippen molar-refractivity contribution in [2.45, 2.75) is 23.8 Å². The van der Waals surface area contributed by atoms with Gasteiger partial charge in [0.15, 0.2) is 0 Å². The lowest BCUT2D eigenvalue weighted by molar-refractivity contribution is -0.122. The fourth-order valence-electron chi connectivity index (χ4n) is 2.16. The van der Waals surface area contributed by atoms with Gasteiger partial charge in [0, 0.05) is 18.3 Å². The number of hydrogen-bond donors (Lipinski definition) is 1. The summed E-state index contributed by atoms with van der Waals surface area (Å²) in [6.07, 6.45) is 4.20. The number of benzene rings is 1. The number of hydrogen-bond acceptors (Lipinski definition) is 2. The van der Waals surface area contributed by atoms with Crippen LogP contribution in [0.2, 0.25) is 0 Å². The van der Waals surface area contributed by atoms with E-state index in [4.69, 9.17) is 23.2 Å². The summed E-state index contributed by atoms with van der Waals surface area (Å²) < 4.78 is 0.975. The van der Waals surface area contributed by atoms with E-state index in [2.05, 4.69) is 22.5 Å². The Morgan fingerprint density at radius 2 is 2.05 bits per heavy atom. The molecule has 1 aromatic heterocycles. The average molecular weight is 324 g/mol. The topological polar surface area (TPSA) is 46.9 Å². The van der Waals surface area contributed by atoms with Crippen LogP contribution in [0.3, 0.4) is 0 Å². The second kappa shape index (κ2) is 5.70. The van der Waals surface area contributed by atoms with Crippen LogP contribution in [-0.4, -0.2) is 20.0 Å². The van der Waals surface area contributed by atoms with Gasteiger partial charge in [-0.15, -0.1) is 23.2 Å². The van der Waals surface area contributed by atoms with E-state index in [-0.39, 0.29) is 11.8 Å². The van der Waals surface area contributed by atoms with Crippen LogP contribution in [-0.2, 0) is 17.9 Å². The molecule has 110 valence electrons. The molecule has 1 heterocycles. The van der Waals surface area contributed by atoms with Crippen LogP contribution in [0, 0.1) is 5.92 Å². The number of amides is 1. The predicted molar refractivity (Wildman–Crippen MR) is 82.2 cm³/mol. The molecule has 0 aliphatic heterocycles. The lowest BCUT2D eigenvalue weighted by atomic mass is 10.2. The van der Waals surface area contributed by atoms with Gasteiger partial charge in [-0.25, -0.2) is 0 Å². The van der Waals surface area contributed by atoms with Gasteiger partial charge in [-0.3, -0.25) is 9.48 Å². The summed E-state index contributed by atoms with van der Waals surface area (Å²) in [4.78, 5) is 11.8. The summed E-state index contributed by atoms with van der Waals surface area (Å²) >= 11 is 11.7. The Bertz CT molecular complexity index is 639. The maximum atomic E-state index is 11.8. The van der Waals surface area contributed by atoms with Gasteiger partial charge in [0.05, 0.1) is 18.7 Å². The highest BCUT2D eigenvalue weighted by Crippen LogP contribution is 2.53. The van der Waals surface area contributed by atoms with Crippen LogP contribution in [0.1, 0.15) is 17.5 Å². The number of carbonyl (C=O) groups is 1. The van der Waals surface area contributed by atoms with Crippen molar-refractivity contribution < 1.29 is 4.79 Å². The highest BCUT2D eigenvalue weighted by atomic mass is 35.5. The van der Waals surface area contributed by atoms with Gasteiger partial charge in [-0.2, -0.15) is 5.10 Å². The van der Waals surface area contributed by atoms with Gasteiger partial charge >= 0.3 is 0 Å². The highest BCUT2D eigenvalue weighted by Gasteiger charge is 2.56. The summed E-state index contributed by atoms with van der Waals surface area (Å²) in [5.41, 5.74) is 2.14. The molecule has 1 N–H and O–H groups in total. The molecule has 1 unspecified atom stereocenters. The molecular formula is C15H15Cl2N3O. The number of nitrogens with zero attached hydrogens (tertiary/aromatic N) is 2. The molecule has 21 heavy (non-hydrogen) atoms. The van der Waals surface area contributed by atoms with E-state index in [1.54, 1.807) is 6.20 Å². The molecule has 0 bridgehead atoms. The highest BCUT2D eigenvalue weighted by molar-refractivity contribution is 6.52. The molecule has 0 spiro atoms. The summed E-state index contributed by atoms with van der Waals surface area (Å²) in [6, 6.07) is 10.1. The van der Waals surface area contributed by atoms with Gasteiger partial charge in [0.1, 0.15) is 4.33 Å². The van der Waals surface area contributed by atoms with Crippen molar-refractivity contribution in [2.24, 2.45) is 5.92 Å². The molecule has 2 aromatic rings. The lowest BCUT2D eigenvalue weighted by Gasteiger charge is -2.03. The Hall–Kier alpha value is -1.52. The molecule has 1 atom stereocenters. The molecule has 6 heteroatoms. The largest absolute Gasteiger partial charge is 0.352 e. The van der Waals surface area contributed by atoms with E-state index in [9.17, 15) is 4.79 Å². The monoisotopic (exact) mass is 323 g/mol. The van der Waals surface area contributed by atoms with E-state index in [0.29, 0.717) is 19.5 Å². The number of aromatic nitrogens is 2. The molecule has 1 saturated carbocycles. The summed E-state index contributed by atoms with van der Waals surface area (Å²) in [6.45, 7) is 1.15. The summed E-state index contributed by atoms with van der Waals surface area (Å²) in [5.74, 6) is -0.393. The Balaban J connectivity index is 1.52. The van der Waals surface area contributed by atoms with Crippen molar-refractivity contribution in [3.8, 4) is 0 Å². The van der Waals surface area contributed by atoms with E-state index < -0.39 is 4.33 Å². The van der Waals surface area contributed by atoms with Crippen molar-refractivity contribution in [3.05, 3.63) is 53.9 Å². The summed E-state index contributed by atoms with van der Waals surface area (Å²) in [7, 11) is 0. The minimum absolute atomic E-state index is 0.101. The van der Waals surface area contributed by atoms with Crippen molar-refractivity contribution in [2.75, 3.05) is 0 Å². The van der Waals surface area contributed by atoms with E-state index in [0.717, 1.165) is 5.56 Å². The van der Waals surface area contributed by atoms with Crippen molar-refractivity contribution in [1.29, 1.82) is 0 Å². The zero-order chi connectivity index (χ0) is 14.9. The number of halogens is 2. The maximum Gasteiger partial charge on any atom is 0.226 e. The van der Waals surface area contributed by atoms with Crippen LogP contribution in [0.25, 0.3) is 0 Å². The van der Waals surface area contributed by atoms with E-state index in [1.165, 1.54) is 5.56 Å². The third kappa shape index (κ3) is 3.57. The van der Waals surface area contributed by atoms with E-state index >= 15 is 0 Å². The third-order valence-electron chi connectivity index (χ3n) is 3.48. The normalized spacial score (nSPS) is 19.2. The number of alkyl halides is 2. The first-order valence-electron chi connectivity index (χ1n) is 6.75. The number of nitrogens with one attached hydrogen (secondary N) is 1. The molecule has 1 aliphatic rings. The number of rotatable bonds is 5. The molecule has 1 amide bonds. The smallest absolute Gasteiger partial charge is 0.226 e. The molecule has 3 rings (SSSR count). The minimum Gasteiger partial charge on any atom is -0.352 e. The minimum atomic E-state index is -0.873. The molecular weight excluding hydrogens is 309 g/mol. The van der Waals surface area contributed by atoms with Crippen molar-refractivity contribution >= 4 is 29.1 Å². The zero-order valence-electron chi connectivity index (χ0n) is 11.3. The van der Waals surface area contributed by atoms with Crippen LogP contribution < -0.4 is 5.32 Å². The lowest BCUT2D eigenvalue weighted by Crippen LogP contribution is -2.26. The van der Waals surface area contributed by atoms with Crippen molar-refractivity contribution in [3.63, 3.8) is 0 Å². The van der Waals surface area contributed by atoms with Gasteiger partial charge in [-0.05, 0) is 12.0 Å². The maximum absolute atomic E-state index is 11.8. The van der Waals surface area contributed by atoms with Gasteiger partial charge in [-0.1, -0.05) is 30.3 Å². The summed E-state index contributed by atoms with van der Waals surface area (Å²) in [5, 5.41) is 7.12. The quantitative estimate of drug-likeness (QED) is 0.860. The van der Waals surface area contributed by atoms with Gasteiger partial charge in [0.2, 0.25) is 5.91 Å². The second-order valence-corrected chi connectivity index (χ2v) is 6.81. The Labute approximate surface area is 133 Å². The first-order chi connectivity index (χ1) is 10.0. The van der Waals surface area contributed by atoms with Gasteiger partial charge in [0.25, 0.3) is 0 Å². The van der Waals surface area contributed by atoms with E-state index in [1.807, 2.05) is 29.1 Å². The Morgan fingerprint density at radius 3 is 2.71 bits per heavy atom. The Kier molecular flexibility index (Phi) is 3.91. The molecule has 1 aliphatic carbocycles. The zero-order valence-corrected chi connectivity index (χ0v) is 12.8. The fraction of sp³-hybridized carbons (Fsp3) is 0.333. The SMILES string of the molecule is O=C(NCc1cnn(Cc2ccccc2)c1)C1CC1(Cl)Cl. The molecule has 0 saturated heterocycles. The van der Waals surface area contributed by atoms with Crippen LogP contribution in [0.15, 0.2) is 42.7 Å². The van der Waals surface area contributed by atoms with Crippen LogP contribution in [0.5, 0.6) is 0 Å².